The van der Waals surface area contributed by atoms with Crippen molar-refractivity contribution in [3.8, 4) is 5.75 Å². The Morgan fingerprint density at radius 1 is 1.41 bits per heavy atom. The summed E-state index contributed by atoms with van der Waals surface area (Å²) >= 11 is 0. The van der Waals surface area contributed by atoms with Gasteiger partial charge in [-0.1, -0.05) is 19.4 Å². The SMILES string of the molecule is COc1ccc(C(N)C2CCC(C)C2)c(F)c1. The summed E-state index contributed by atoms with van der Waals surface area (Å²) in [6, 6.07) is 4.75. The predicted octanol–water partition coefficient (Wildman–Crippen LogP) is 3.27. The van der Waals surface area contributed by atoms with E-state index in [2.05, 4.69) is 6.92 Å². The maximum Gasteiger partial charge on any atom is 0.131 e. The molecule has 3 atom stereocenters. The van der Waals surface area contributed by atoms with E-state index in [1.165, 1.54) is 19.6 Å². The maximum atomic E-state index is 13.9. The van der Waals surface area contributed by atoms with Crippen molar-refractivity contribution in [1.29, 1.82) is 0 Å². The van der Waals surface area contributed by atoms with Crippen molar-refractivity contribution in [2.24, 2.45) is 17.6 Å². The Balaban J connectivity index is 2.16. The normalized spacial score (nSPS) is 25.9. The lowest BCUT2D eigenvalue weighted by Gasteiger charge is -2.20. The first-order valence-corrected chi connectivity index (χ1v) is 6.21. The monoisotopic (exact) mass is 237 g/mol. The molecule has 0 aromatic heterocycles. The fourth-order valence-corrected chi connectivity index (χ4v) is 2.74. The second-order valence-electron chi connectivity index (χ2n) is 5.09. The van der Waals surface area contributed by atoms with Gasteiger partial charge in [-0.25, -0.2) is 4.39 Å². The molecule has 3 unspecified atom stereocenters. The van der Waals surface area contributed by atoms with Crippen LogP contribution in [0, 0.1) is 17.7 Å². The summed E-state index contributed by atoms with van der Waals surface area (Å²) in [6.45, 7) is 2.23. The number of ether oxygens (including phenoxy) is 1. The molecule has 0 heterocycles. The highest BCUT2D eigenvalue weighted by Gasteiger charge is 2.28. The average Bonchev–Trinajstić information content (AvgIpc) is 2.75. The Morgan fingerprint density at radius 3 is 2.71 bits per heavy atom. The molecule has 0 aliphatic heterocycles. The molecule has 0 saturated heterocycles. The van der Waals surface area contributed by atoms with E-state index in [1.54, 1.807) is 12.1 Å². The Labute approximate surface area is 102 Å². The molecule has 0 spiro atoms. The zero-order valence-electron chi connectivity index (χ0n) is 10.4. The molecule has 2 rings (SSSR count). The van der Waals surface area contributed by atoms with Crippen molar-refractivity contribution in [3.05, 3.63) is 29.6 Å². The lowest BCUT2D eigenvalue weighted by molar-refractivity contribution is 0.400. The fraction of sp³-hybridized carbons (Fsp3) is 0.571. The van der Waals surface area contributed by atoms with Crippen LogP contribution in [0.15, 0.2) is 18.2 Å². The van der Waals surface area contributed by atoms with Crippen molar-refractivity contribution in [3.63, 3.8) is 0 Å². The van der Waals surface area contributed by atoms with E-state index in [1.807, 2.05) is 0 Å². The third kappa shape index (κ3) is 2.60. The molecular formula is C14H20FNO. The van der Waals surface area contributed by atoms with Crippen LogP contribution >= 0.6 is 0 Å². The summed E-state index contributed by atoms with van der Waals surface area (Å²) in [5.41, 5.74) is 6.79. The number of halogens is 1. The first-order chi connectivity index (χ1) is 8.11. The Bertz CT molecular complexity index is 394. The molecule has 1 aliphatic rings. The minimum Gasteiger partial charge on any atom is -0.497 e. The molecular weight excluding hydrogens is 217 g/mol. The van der Waals surface area contributed by atoms with Gasteiger partial charge in [-0.2, -0.15) is 0 Å². The number of nitrogens with two attached hydrogens (primary N) is 1. The zero-order valence-corrected chi connectivity index (χ0v) is 10.4. The standard InChI is InChI=1S/C14H20FNO/c1-9-3-4-10(7-9)14(16)12-6-5-11(17-2)8-13(12)15/h5-6,8-10,14H,3-4,7,16H2,1-2H3. The van der Waals surface area contributed by atoms with Gasteiger partial charge < -0.3 is 10.5 Å². The summed E-state index contributed by atoms with van der Waals surface area (Å²) in [5.74, 6) is 1.41. The maximum absolute atomic E-state index is 13.9. The van der Waals surface area contributed by atoms with Crippen LogP contribution in [0.5, 0.6) is 5.75 Å². The van der Waals surface area contributed by atoms with E-state index >= 15 is 0 Å². The minimum absolute atomic E-state index is 0.189. The van der Waals surface area contributed by atoms with Gasteiger partial charge in [-0.3, -0.25) is 0 Å². The van der Waals surface area contributed by atoms with E-state index in [0.717, 1.165) is 12.8 Å². The van der Waals surface area contributed by atoms with E-state index in [0.29, 0.717) is 23.1 Å². The van der Waals surface area contributed by atoms with Crippen LogP contribution in [0.3, 0.4) is 0 Å². The van der Waals surface area contributed by atoms with Crippen molar-refractivity contribution in [2.45, 2.75) is 32.2 Å². The number of hydrogen-bond donors (Lipinski definition) is 1. The number of rotatable bonds is 3. The van der Waals surface area contributed by atoms with Gasteiger partial charge in [0.25, 0.3) is 0 Å². The molecule has 2 nitrogen and oxygen atoms in total. The van der Waals surface area contributed by atoms with Gasteiger partial charge in [-0.05, 0) is 30.7 Å². The van der Waals surface area contributed by atoms with E-state index in [4.69, 9.17) is 10.5 Å². The predicted molar refractivity (Wildman–Crippen MR) is 66.4 cm³/mol. The van der Waals surface area contributed by atoms with Gasteiger partial charge in [0, 0.05) is 17.7 Å². The molecule has 1 aliphatic carbocycles. The molecule has 1 aromatic carbocycles. The quantitative estimate of drug-likeness (QED) is 0.875. The van der Waals surface area contributed by atoms with Crippen LogP contribution in [0.1, 0.15) is 37.8 Å². The van der Waals surface area contributed by atoms with Crippen molar-refractivity contribution < 1.29 is 9.13 Å². The summed E-state index contributed by atoms with van der Waals surface area (Å²) < 4.78 is 18.9. The van der Waals surface area contributed by atoms with Gasteiger partial charge in [0.05, 0.1) is 7.11 Å². The molecule has 2 N–H and O–H groups in total. The lowest BCUT2D eigenvalue weighted by atomic mass is 9.91. The summed E-state index contributed by atoms with van der Waals surface area (Å²) in [5, 5.41) is 0. The minimum atomic E-state index is -0.253. The van der Waals surface area contributed by atoms with Gasteiger partial charge >= 0.3 is 0 Å². The molecule has 0 radical (unpaired) electrons. The van der Waals surface area contributed by atoms with Crippen LogP contribution in [-0.2, 0) is 0 Å². The van der Waals surface area contributed by atoms with Gasteiger partial charge in [0.2, 0.25) is 0 Å². The van der Waals surface area contributed by atoms with E-state index in [-0.39, 0.29) is 11.9 Å². The number of methoxy groups -OCH3 is 1. The molecule has 1 fully saturated rings. The van der Waals surface area contributed by atoms with Crippen molar-refractivity contribution in [1.82, 2.24) is 0 Å². The van der Waals surface area contributed by atoms with Crippen LogP contribution < -0.4 is 10.5 Å². The average molecular weight is 237 g/mol. The second-order valence-corrected chi connectivity index (χ2v) is 5.09. The third-order valence-corrected chi connectivity index (χ3v) is 3.81. The van der Waals surface area contributed by atoms with Gasteiger partial charge in [0.1, 0.15) is 11.6 Å². The highest BCUT2D eigenvalue weighted by molar-refractivity contribution is 5.31. The first kappa shape index (κ1) is 12.4. The second kappa shape index (κ2) is 5.05. The molecule has 1 saturated carbocycles. The summed E-state index contributed by atoms with van der Waals surface area (Å²) in [7, 11) is 1.53. The molecule has 0 amide bonds. The topological polar surface area (TPSA) is 35.2 Å². The third-order valence-electron chi connectivity index (χ3n) is 3.81. The highest BCUT2D eigenvalue weighted by Crippen LogP contribution is 2.38. The van der Waals surface area contributed by atoms with Gasteiger partial charge in [0.15, 0.2) is 0 Å². The fourth-order valence-electron chi connectivity index (χ4n) is 2.74. The van der Waals surface area contributed by atoms with E-state index < -0.39 is 0 Å². The summed E-state index contributed by atoms with van der Waals surface area (Å²) in [4.78, 5) is 0. The first-order valence-electron chi connectivity index (χ1n) is 6.21. The smallest absolute Gasteiger partial charge is 0.131 e. The molecule has 94 valence electrons. The molecule has 3 heteroatoms. The lowest BCUT2D eigenvalue weighted by Crippen LogP contribution is -2.20. The van der Waals surface area contributed by atoms with Gasteiger partial charge in [-0.15, -0.1) is 0 Å². The summed E-state index contributed by atoms with van der Waals surface area (Å²) in [6.07, 6.45) is 3.41. The zero-order chi connectivity index (χ0) is 12.4. The van der Waals surface area contributed by atoms with Crippen molar-refractivity contribution >= 4 is 0 Å². The van der Waals surface area contributed by atoms with Crippen LogP contribution in [-0.4, -0.2) is 7.11 Å². The van der Waals surface area contributed by atoms with Crippen molar-refractivity contribution in [2.75, 3.05) is 7.11 Å². The molecule has 1 aromatic rings. The largest absolute Gasteiger partial charge is 0.497 e. The number of benzene rings is 1. The Kier molecular flexibility index (Phi) is 3.67. The highest BCUT2D eigenvalue weighted by atomic mass is 19.1. The van der Waals surface area contributed by atoms with Crippen LogP contribution in [0.25, 0.3) is 0 Å². The molecule has 0 bridgehead atoms. The Hall–Kier alpha value is -1.09. The van der Waals surface area contributed by atoms with Crippen LogP contribution in [0.2, 0.25) is 0 Å². The van der Waals surface area contributed by atoms with Crippen LogP contribution in [0.4, 0.5) is 4.39 Å². The Morgan fingerprint density at radius 2 is 2.18 bits per heavy atom. The van der Waals surface area contributed by atoms with E-state index in [9.17, 15) is 4.39 Å². The number of hydrogen-bond acceptors (Lipinski definition) is 2. The molecule has 17 heavy (non-hydrogen) atoms.